The molecule has 0 bridgehead atoms. The lowest BCUT2D eigenvalue weighted by Gasteiger charge is -2.17. The highest BCUT2D eigenvalue weighted by Gasteiger charge is 2.22. The van der Waals surface area contributed by atoms with Crippen molar-refractivity contribution in [2.45, 2.75) is 53.4 Å². The van der Waals surface area contributed by atoms with Crippen molar-refractivity contribution in [2.24, 2.45) is 17.6 Å². The fourth-order valence-electron chi connectivity index (χ4n) is 2.11. The van der Waals surface area contributed by atoms with Gasteiger partial charge in [0.15, 0.2) is 0 Å². The van der Waals surface area contributed by atoms with Gasteiger partial charge in [-0.2, -0.15) is 0 Å². The molecule has 1 aliphatic rings. The van der Waals surface area contributed by atoms with E-state index in [-0.39, 0.29) is 0 Å². The van der Waals surface area contributed by atoms with Crippen molar-refractivity contribution in [2.75, 3.05) is 6.54 Å². The van der Waals surface area contributed by atoms with Crippen LogP contribution < -0.4 is 5.73 Å². The Morgan fingerprint density at radius 2 is 2.00 bits per heavy atom. The van der Waals surface area contributed by atoms with Crippen LogP contribution >= 0.6 is 0 Å². The lowest BCUT2D eigenvalue weighted by atomic mass is 9.89. The molecule has 0 aromatic rings. The van der Waals surface area contributed by atoms with Crippen molar-refractivity contribution in [1.29, 1.82) is 0 Å². The summed E-state index contributed by atoms with van der Waals surface area (Å²) in [7, 11) is 0. The summed E-state index contributed by atoms with van der Waals surface area (Å²) in [6.07, 6.45) is 7.75. The normalized spacial score (nSPS) is 20.7. The summed E-state index contributed by atoms with van der Waals surface area (Å²) >= 11 is 0. The molecule has 0 unspecified atom stereocenters. The minimum atomic E-state index is 0.518. The molecule has 0 radical (unpaired) electrons. The Kier molecular flexibility index (Phi) is 5.27. The van der Waals surface area contributed by atoms with Crippen LogP contribution in [0, 0.1) is 11.8 Å². The molecule has 1 fully saturated rings. The molecule has 1 saturated carbocycles. The second-order valence-corrected chi connectivity index (χ2v) is 5.25. The number of hydrogen-bond donors (Lipinski definition) is 1. The Bertz CT molecular complexity index is 282. The third-order valence-corrected chi connectivity index (χ3v) is 3.98. The molecule has 1 nitrogen and oxygen atoms in total. The summed E-state index contributed by atoms with van der Waals surface area (Å²) in [4.78, 5) is 0. The summed E-state index contributed by atoms with van der Waals surface area (Å²) in [5.74, 6) is 1.53. The van der Waals surface area contributed by atoms with Gasteiger partial charge in [0.1, 0.15) is 0 Å². The predicted molar refractivity (Wildman–Crippen MR) is 72.3 cm³/mol. The van der Waals surface area contributed by atoms with Gasteiger partial charge in [0.05, 0.1) is 0 Å². The molecule has 0 heterocycles. The Hall–Kier alpha value is -0.560. The van der Waals surface area contributed by atoms with E-state index in [0.717, 1.165) is 12.5 Å². The van der Waals surface area contributed by atoms with Gasteiger partial charge in [-0.15, -0.1) is 0 Å². The second-order valence-electron chi connectivity index (χ2n) is 5.25. The van der Waals surface area contributed by atoms with Gasteiger partial charge in [-0.25, -0.2) is 0 Å². The largest absolute Gasteiger partial charge is 0.330 e. The fraction of sp³-hybridized carbons (Fsp3) is 0.733. The Morgan fingerprint density at radius 3 is 2.44 bits per heavy atom. The van der Waals surface area contributed by atoms with Crippen molar-refractivity contribution in [3.63, 3.8) is 0 Å². The highest BCUT2D eigenvalue weighted by molar-refractivity contribution is 5.34. The molecule has 1 atom stereocenters. The first-order chi connectivity index (χ1) is 7.60. The van der Waals surface area contributed by atoms with Crippen molar-refractivity contribution in [3.8, 4) is 0 Å². The third kappa shape index (κ3) is 3.79. The molecule has 1 heteroatoms. The van der Waals surface area contributed by atoms with Crippen LogP contribution in [0.4, 0.5) is 0 Å². The molecule has 16 heavy (non-hydrogen) atoms. The minimum Gasteiger partial charge on any atom is -0.330 e. The van der Waals surface area contributed by atoms with E-state index in [0.29, 0.717) is 5.92 Å². The average Bonchev–Trinajstić information content (AvgIpc) is 3.11. The van der Waals surface area contributed by atoms with E-state index in [4.69, 9.17) is 5.73 Å². The molecular weight excluding hydrogens is 194 g/mol. The molecular formula is C15H27N. The first kappa shape index (κ1) is 13.5. The smallest absolute Gasteiger partial charge is 0.00140 e. The van der Waals surface area contributed by atoms with E-state index in [1.54, 1.807) is 5.57 Å². The van der Waals surface area contributed by atoms with Crippen molar-refractivity contribution < 1.29 is 0 Å². The molecule has 0 saturated heterocycles. The number of rotatable bonds is 6. The molecule has 0 aromatic carbocycles. The molecule has 1 aliphatic carbocycles. The van der Waals surface area contributed by atoms with Crippen molar-refractivity contribution in [1.82, 2.24) is 0 Å². The van der Waals surface area contributed by atoms with E-state index in [1.165, 1.54) is 36.8 Å². The highest BCUT2D eigenvalue weighted by atomic mass is 14.5. The van der Waals surface area contributed by atoms with Crippen LogP contribution in [0.5, 0.6) is 0 Å². The molecule has 0 spiro atoms. The van der Waals surface area contributed by atoms with Crippen LogP contribution in [0.15, 0.2) is 22.8 Å². The molecule has 2 N–H and O–H groups in total. The first-order valence-electron chi connectivity index (χ1n) is 6.63. The van der Waals surface area contributed by atoms with Gasteiger partial charge < -0.3 is 5.73 Å². The first-order valence-corrected chi connectivity index (χ1v) is 6.63. The summed E-state index contributed by atoms with van der Waals surface area (Å²) in [6.45, 7) is 9.61. The zero-order valence-electron chi connectivity index (χ0n) is 11.3. The van der Waals surface area contributed by atoms with Crippen molar-refractivity contribution in [3.05, 3.63) is 22.8 Å². The summed E-state index contributed by atoms with van der Waals surface area (Å²) in [5, 5.41) is 0. The van der Waals surface area contributed by atoms with E-state index >= 15 is 0 Å². The maximum atomic E-state index is 5.77. The maximum absolute atomic E-state index is 5.77. The zero-order valence-corrected chi connectivity index (χ0v) is 11.3. The van der Waals surface area contributed by atoms with E-state index in [9.17, 15) is 0 Å². The standard InChI is InChI=1S/C15H27N/c1-5-11(2)15(9-8-14-6-7-14)13(4)12(3)10-16/h5,12,14H,6-10,16H2,1-4H3/b11-5-,15-13+/t12-/m1/s1. The van der Waals surface area contributed by atoms with Gasteiger partial charge in [0, 0.05) is 0 Å². The third-order valence-electron chi connectivity index (χ3n) is 3.98. The van der Waals surface area contributed by atoms with Gasteiger partial charge >= 0.3 is 0 Å². The maximum Gasteiger partial charge on any atom is -0.00140 e. The highest BCUT2D eigenvalue weighted by Crippen LogP contribution is 2.36. The van der Waals surface area contributed by atoms with Gasteiger partial charge in [0.25, 0.3) is 0 Å². The monoisotopic (exact) mass is 221 g/mol. The van der Waals surface area contributed by atoms with E-state index in [2.05, 4.69) is 33.8 Å². The second kappa shape index (κ2) is 6.24. The fourth-order valence-corrected chi connectivity index (χ4v) is 2.11. The van der Waals surface area contributed by atoms with Crippen LogP contribution in [0.1, 0.15) is 53.4 Å². The SMILES string of the molecule is C/C=C(C)\C(CCC1CC1)=C(/C)[C@H](C)CN. The van der Waals surface area contributed by atoms with E-state index < -0.39 is 0 Å². The Labute approximate surface area is 101 Å². The molecule has 0 aromatic heterocycles. The number of hydrogen-bond acceptors (Lipinski definition) is 1. The number of allylic oxidation sites excluding steroid dienone is 3. The van der Waals surface area contributed by atoms with Crippen LogP contribution in [0.2, 0.25) is 0 Å². The van der Waals surface area contributed by atoms with Gasteiger partial charge in [-0.1, -0.05) is 37.0 Å². The molecule has 1 rings (SSSR count). The Morgan fingerprint density at radius 1 is 1.38 bits per heavy atom. The van der Waals surface area contributed by atoms with Crippen LogP contribution in [-0.4, -0.2) is 6.54 Å². The predicted octanol–water partition coefficient (Wildman–Crippen LogP) is 4.05. The topological polar surface area (TPSA) is 26.0 Å². The van der Waals surface area contributed by atoms with Crippen molar-refractivity contribution >= 4 is 0 Å². The van der Waals surface area contributed by atoms with E-state index in [1.807, 2.05) is 0 Å². The van der Waals surface area contributed by atoms with Gasteiger partial charge in [-0.05, 0) is 57.6 Å². The average molecular weight is 221 g/mol. The molecule has 0 aliphatic heterocycles. The Balaban J connectivity index is 2.74. The lowest BCUT2D eigenvalue weighted by molar-refractivity contribution is 0.661. The molecule has 92 valence electrons. The summed E-state index contributed by atoms with van der Waals surface area (Å²) in [6, 6.07) is 0. The quantitative estimate of drug-likeness (QED) is 0.673. The minimum absolute atomic E-state index is 0.518. The van der Waals surface area contributed by atoms with Gasteiger partial charge in [-0.3, -0.25) is 0 Å². The lowest BCUT2D eigenvalue weighted by Crippen LogP contribution is -2.13. The van der Waals surface area contributed by atoms with Crippen LogP contribution in [-0.2, 0) is 0 Å². The molecule has 0 amide bonds. The zero-order chi connectivity index (χ0) is 12.1. The van der Waals surface area contributed by atoms with Crippen LogP contribution in [0.3, 0.4) is 0 Å². The summed E-state index contributed by atoms with van der Waals surface area (Å²) in [5.41, 5.74) is 10.3. The van der Waals surface area contributed by atoms with Crippen LogP contribution in [0.25, 0.3) is 0 Å². The van der Waals surface area contributed by atoms with Gasteiger partial charge in [0.2, 0.25) is 0 Å². The summed E-state index contributed by atoms with van der Waals surface area (Å²) < 4.78 is 0. The number of nitrogens with two attached hydrogens (primary N) is 1.